The van der Waals surface area contributed by atoms with E-state index in [2.05, 4.69) is 26.9 Å². The minimum absolute atomic E-state index is 0. The van der Waals surface area contributed by atoms with Crippen molar-refractivity contribution < 1.29 is 4.74 Å². The average molecular weight is 443 g/mol. The second kappa shape index (κ2) is 10.9. The first-order valence-corrected chi connectivity index (χ1v) is 7.76. The summed E-state index contributed by atoms with van der Waals surface area (Å²) in [4.78, 5) is 4.24. The largest absolute Gasteiger partial charge is 0.497 e. The molecule has 1 aromatic carbocycles. The van der Waals surface area contributed by atoms with E-state index in [9.17, 15) is 0 Å². The maximum absolute atomic E-state index is 5.16. The summed E-state index contributed by atoms with van der Waals surface area (Å²) < 4.78 is 6.99. The number of nitrogens with zero attached hydrogens (tertiary/aromatic N) is 3. The summed E-state index contributed by atoms with van der Waals surface area (Å²) in [5, 5.41) is 10.8. The lowest BCUT2D eigenvalue weighted by atomic mass is 10.2. The van der Waals surface area contributed by atoms with Gasteiger partial charge in [0.2, 0.25) is 0 Å². The number of methoxy groups -OCH3 is 1. The summed E-state index contributed by atoms with van der Waals surface area (Å²) in [6, 6.07) is 8.01. The predicted octanol–water partition coefficient (Wildman–Crippen LogP) is 2.34. The fourth-order valence-corrected chi connectivity index (χ4v) is 2.25. The number of aliphatic imine (C=N–C) groups is 1. The molecule has 0 aliphatic heterocycles. The third kappa shape index (κ3) is 6.77. The Balaban J connectivity index is 0.00000288. The Labute approximate surface area is 160 Å². The molecule has 0 saturated carbocycles. The third-order valence-corrected chi connectivity index (χ3v) is 3.54. The van der Waals surface area contributed by atoms with Gasteiger partial charge >= 0.3 is 0 Å². The fraction of sp³-hybridized carbons (Fsp3) is 0.412. The van der Waals surface area contributed by atoms with Crippen LogP contribution in [0.5, 0.6) is 5.75 Å². The van der Waals surface area contributed by atoms with Crippen LogP contribution in [0.3, 0.4) is 0 Å². The smallest absolute Gasteiger partial charge is 0.191 e. The highest BCUT2D eigenvalue weighted by Crippen LogP contribution is 2.10. The van der Waals surface area contributed by atoms with Gasteiger partial charge in [-0.2, -0.15) is 5.10 Å². The van der Waals surface area contributed by atoms with Crippen molar-refractivity contribution in [1.29, 1.82) is 0 Å². The molecule has 24 heavy (non-hydrogen) atoms. The van der Waals surface area contributed by atoms with Crippen molar-refractivity contribution in [1.82, 2.24) is 20.4 Å². The van der Waals surface area contributed by atoms with E-state index in [-0.39, 0.29) is 24.0 Å². The lowest BCUT2D eigenvalue weighted by Gasteiger charge is -2.12. The highest BCUT2D eigenvalue weighted by Gasteiger charge is 2.00. The molecule has 2 rings (SSSR count). The average Bonchev–Trinajstić information content (AvgIpc) is 3.00. The van der Waals surface area contributed by atoms with Crippen LogP contribution in [0.15, 0.2) is 41.7 Å². The number of aromatic nitrogens is 2. The van der Waals surface area contributed by atoms with Gasteiger partial charge in [-0.1, -0.05) is 12.1 Å². The number of aryl methyl sites for hydroxylation is 2. The van der Waals surface area contributed by atoms with E-state index in [0.29, 0.717) is 0 Å². The van der Waals surface area contributed by atoms with Crippen molar-refractivity contribution in [3.63, 3.8) is 0 Å². The van der Waals surface area contributed by atoms with Crippen LogP contribution in [0.1, 0.15) is 17.5 Å². The van der Waals surface area contributed by atoms with Gasteiger partial charge in [0.15, 0.2) is 5.96 Å². The standard InChI is InChI=1S/C17H25N5O.HI/c1-18-17(19-10-4-5-15-12-21-22(2)13-15)20-11-14-6-8-16(23-3)9-7-14;/h6-9,12-13H,4-5,10-11H2,1-3H3,(H2,18,19,20);1H. The Kier molecular flexibility index (Phi) is 9.21. The molecule has 0 aliphatic carbocycles. The zero-order chi connectivity index (χ0) is 16.5. The zero-order valence-electron chi connectivity index (χ0n) is 14.5. The molecule has 7 heteroatoms. The molecule has 0 spiro atoms. The maximum atomic E-state index is 5.16. The van der Waals surface area contributed by atoms with Crippen LogP contribution >= 0.6 is 24.0 Å². The number of benzene rings is 1. The Bertz CT molecular complexity index is 624. The Morgan fingerprint density at radius 1 is 1.21 bits per heavy atom. The molecule has 0 bridgehead atoms. The van der Waals surface area contributed by atoms with E-state index in [0.717, 1.165) is 37.6 Å². The molecule has 0 saturated heterocycles. The van der Waals surface area contributed by atoms with Gasteiger partial charge in [-0.25, -0.2) is 0 Å². The SMILES string of the molecule is CN=C(NCCCc1cnn(C)c1)NCc1ccc(OC)cc1.I. The van der Waals surface area contributed by atoms with Crippen LogP contribution in [-0.4, -0.2) is 36.4 Å². The molecule has 0 radical (unpaired) electrons. The highest BCUT2D eigenvalue weighted by molar-refractivity contribution is 14.0. The van der Waals surface area contributed by atoms with Gasteiger partial charge in [0.05, 0.1) is 13.3 Å². The quantitative estimate of drug-likeness (QED) is 0.299. The monoisotopic (exact) mass is 443 g/mol. The first-order chi connectivity index (χ1) is 11.2. The minimum Gasteiger partial charge on any atom is -0.497 e. The van der Waals surface area contributed by atoms with Crippen LogP contribution in [0.4, 0.5) is 0 Å². The summed E-state index contributed by atoms with van der Waals surface area (Å²) in [5.41, 5.74) is 2.44. The zero-order valence-corrected chi connectivity index (χ0v) is 16.8. The summed E-state index contributed by atoms with van der Waals surface area (Å²) in [5.74, 6) is 1.68. The fourth-order valence-electron chi connectivity index (χ4n) is 2.25. The third-order valence-electron chi connectivity index (χ3n) is 3.54. The van der Waals surface area contributed by atoms with Gasteiger partial charge in [0.25, 0.3) is 0 Å². The van der Waals surface area contributed by atoms with E-state index in [1.807, 2.05) is 42.2 Å². The molecule has 132 valence electrons. The van der Waals surface area contributed by atoms with Gasteiger partial charge in [0.1, 0.15) is 5.75 Å². The van der Waals surface area contributed by atoms with Gasteiger partial charge in [-0.05, 0) is 36.1 Å². The first kappa shape index (κ1) is 20.3. The predicted molar refractivity (Wildman–Crippen MR) is 108 cm³/mol. The molecule has 2 aromatic rings. The topological polar surface area (TPSA) is 63.5 Å². The highest BCUT2D eigenvalue weighted by atomic mass is 127. The number of guanidine groups is 1. The second-order valence-corrected chi connectivity index (χ2v) is 5.33. The number of rotatable bonds is 7. The molecule has 6 nitrogen and oxygen atoms in total. The molecule has 0 unspecified atom stereocenters. The summed E-state index contributed by atoms with van der Waals surface area (Å²) in [6.45, 7) is 1.60. The van der Waals surface area contributed by atoms with Crippen LogP contribution in [0.25, 0.3) is 0 Å². The molecule has 0 aliphatic rings. The lowest BCUT2D eigenvalue weighted by Crippen LogP contribution is -2.37. The van der Waals surface area contributed by atoms with Gasteiger partial charge in [0, 0.05) is 33.4 Å². The normalized spacial score (nSPS) is 10.9. The Morgan fingerprint density at radius 3 is 2.54 bits per heavy atom. The molecule has 1 aromatic heterocycles. The summed E-state index contributed by atoms with van der Waals surface area (Å²) >= 11 is 0. The molecular formula is C17H26IN5O. The summed E-state index contributed by atoms with van der Waals surface area (Å²) in [6.07, 6.45) is 6.01. The second-order valence-electron chi connectivity index (χ2n) is 5.33. The van der Waals surface area contributed by atoms with Crippen molar-refractivity contribution >= 4 is 29.9 Å². The van der Waals surface area contributed by atoms with Crippen LogP contribution in [-0.2, 0) is 20.0 Å². The molecule has 0 fully saturated rings. The van der Waals surface area contributed by atoms with Gasteiger partial charge in [-0.15, -0.1) is 24.0 Å². The van der Waals surface area contributed by atoms with E-state index in [4.69, 9.17) is 4.74 Å². The van der Waals surface area contributed by atoms with Crippen molar-refractivity contribution in [2.24, 2.45) is 12.0 Å². The lowest BCUT2D eigenvalue weighted by molar-refractivity contribution is 0.414. The molecule has 0 amide bonds. The Hall–Kier alpha value is -1.77. The van der Waals surface area contributed by atoms with E-state index in [1.54, 1.807) is 14.2 Å². The molecule has 1 heterocycles. The minimum atomic E-state index is 0. The molecule has 2 N–H and O–H groups in total. The first-order valence-electron chi connectivity index (χ1n) is 7.76. The maximum Gasteiger partial charge on any atom is 0.191 e. The van der Waals surface area contributed by atoms with Crippen molar-refractivity contribution in [2.75, 3.05) is 20.7 Å². The number of hydrogen-bond donors (Lipinski definition) is 2. The Morgan fingerprint density at radius 2 is 1.96 bits per heavy atom. The molecule has 0 atom stereocenters. The number of hydrogen-bond acceptors (Lipinski definition) is 3. The van der Waals surface area contributed by atoms with Gasteiger partial charge < -0.3 is 15.4 Å². The van der Waals surface area contributed by atoms with Crippen molar-refractivity contribution in [2.45, 2.75) is 19.4 Å². The van der Waals surface area contributed by atoms with Crippen LogP contribution in [0, 0.1) is 0 Å². The molecular weight excluding hydrogens is 417 g/mol. The number of halogens is 1. The van der Waals surface area contributed by atoms with Crippen LogP contribution < -0.4 is 15.4 Å². The number of ether oxygens (including phenoxy) is 1. The van der Waals surface area contributed by atoms with E-state index in [1.165, 1.54) is 11.1 Å². The number of nitrogens with one attached hydrogen (secondary N) is 2. The summed E-state index contributed by atoms with van der Waals surface area (Å²) in [7, 11) is 5.39. The van der Waals surface area contributed by atoms with Crippen molar-refractivity contribution in [3.05, 3.63) is 47.8 Å². The van der Waals surface area contributed by atoms with Crippen molar-refractivity contribution in [3.8, 4) is 5.75 Å². The van der Waals surface area contributed by atoms with Gasteiger partial charge in [-0.3, -0.25) is 9.67 Å². The van der Waals surface area contributed by atoms with E-state index >= 15 is 0 Å². The van der Waals surface area contributed by atoms with Crippen LogP contribution in [0.2, 0.25) is 0 Å². The van der Waals surface area contributed by atoms with E-state index < -0.39 is 0 Å².